The Morgan fingerprint density at radius 2 is 1.89 bits per heavy atom. The maximum atomic E-state index is 13.8. The van der Waals surface area contributed by atoms with Crippen LogP contribution in [-0.4, -0.2) is 40.8 Å². The van der Waals surface area contributed by atoms with Crippen molar-refractivity contribution in [3.8, 4) is 22.8 Å². The number of ether oxygens (including phenoxy) is 2. The quantitative estimate of drug-likeness (QED) is 0.288. The Morgan fingerprint density at radius 1 is 1.16 bits per heavy atom. The minimum Gasteiger partial charge on any atom is -0.493 e. The zero-order chi connectivity index (χ0) is 27.7. The molecule has 7 nitrogen and oxygen atoms in total. The molecule has 0 aliphatic heterocycles. The highest BCUT2D eigenvalue weighted by molar-refractivity contribution is 6.31. The van der Waals surface area contributed by atoms with Gasteiger partial charge in [0, 0.05) is 17.5 Å². The second-order valence-corrected chi connectivity index (χ2v) is 10.6. The Bertz CT molecular complexity index is 1340. The number of hydrogen-bond donors (Lipinski definition) is 3. The van der Waals surface area contributed by atoms with E-state index < -0.39 is 17.0 Å². The number of hydrogen-bond acceptors (Lipinski definition) is 7. The van der Waals surface area contributed by atoms with Gasteiger partial charge < -0.3 is 25.4 Å². The first-order valence-corrected chi connectivity index (χ1v) is 12.8. The summed E-state index contributed by atoms with van der Waals surface area (Å²) in [4.78, 5) is 17.6. The number of carbonyl (C=O) groups excluding carboxylic acids is 1. The van der Waals surface area contributed by atoms with Crippen LogP contribution < -0.4 is 15.2 Å². The molecule has 0 bridgehead atoms. The number of pyridine rings is 1. The molecular weight excluding hydrogens is 511 g/mol. The molecule has 3 aromatic rings. The highest BCUT2D eigenvalue weighted by atomic mass is 35.5. The molecule has 202 valence electrons. The van der Waals surface area contributed by atoms with Crippen molar-refractivity contribution >= 4 is 17.4 Å². The van der Waals surface area contributed by atoms with Crippen LogP contribution in [0.1, 0.15) is 61.1 Å². The molecule has 38 heavy (non-hydrogen) atoms. The highest BCUT2D eigenvalue weighted by Gasteiger charge is 2.31. The van der Waals surface area contributed by atoms with Gasteiger partial charge in [0.1, 0.15) is 11.4 Å². The summed E-state index contributed by atoms with van der Waals surface area (Å²) in [7, 11) is 1.52. The van der Waals surface area contributed by atoms with E-state index >= 15 is 0 Å². The average Bonchev–Trinajstić information content (AvgIpc) is 3.73. The number of aromatic nitrogens is 1. The predicted molar refractivity (Wildman–Crippen MR) is 143 cm³/mol. The predicted octanol–water partition coefficient (Wildman–Crippen LogP) is 5.13. The standard InChI is InChI=1S/C29H32ClFN2O5/c1-28(32,16-34)19-14-23(17-4-8-22(31)21(30)12-17)33-27(15-19)29(2,36)11-10-24(35)18-5-9-25(26(13-18)37-3)38-20-6-7-20/h4-5,8-9,12-15,20,34,36H,6-7,10-11,16,32H2,1-3H3. The van der Waals surface area contributed by atoms with Gasteiger partial charge >= 0.3 is 0 Å². The van der Waals surface area contributed by atoms with E-state index in [1.807, 2.05) is 0 Å². The molecule has 1 aliphatic carbocycles. The summed E-state index contributed by atoms with van der Waals surface area (Å²) in [6.45, 7) is 2.85. The van der Waals surface area contributed by atoms with Crippen LogP contribution in [0.25, 0.3) is 11.3 Å². The van der Waals surface area contributed by atoms with Gasteiger partial charge in [-0.05, 0) is 87.2 Å². The van der Waals surface area contributed by atoms with E-state index in [9.17, 15) is 19.4 Å². The lowest BCUT2D eigenvalue weighted by Gasteiger charge is -2.28. The van der Waals surface area contributed by atoms with Gasteiger partial charge in [-0.1, -0.05) is 11.6 Å². The zero-order valence-electron chi connectivity index (χ0n) is 21.6. The van der Waals surface area contributed by atoms with Gasteiger partial charge in [-0.2, -0.15) is 0 Å². The number of halogens is 2. The van der Waals surface area contributed by atoms with Gasteiger partial charge in [0.2, 0.25) is 0 Å². The summed E-state index contributed by atoms with van der Waals surface area (Å²) < 4.78 is 25.0. The first-order valence-electron chi connectivity index (χ1n) is 12.4. The van der Waals surface area contributed by atoms with Crippen LogP contribution in [0.3, 0.4) is 0 Å². The van der Waals surface area contributed by atoms with E-state index in [0.717, 1.165) is 12.8 Å². The third kappa shape index (κ3) is 6.32. The topological polar surface area (TPSA) is 115 Å². The molecule has 0 radical (unpaired) electrons. The molecule has 1 heterocycles. The summed E-state index contributed by atoms with van der Waals surface area (Å²) in [6.07, 6.45) is 2.30. The Balaban J connectivity index is 1.59. The lowest BCUT2D eigenvalue weighted by atomic mass is 9.87. The molecule has 0 spiro atoms. The molecule has 4 N–H and O–H groups in total. The van der Waals surface area contributed by atoms with Crippen molar-refractivity contribution in [1.82, 2.24) is 4.98 Å². The second-order valence-electron chi connectivity index (χ2n) is 10.2. The summed E-state index contributed by atoms with van der Waals surface area (Å²) in [6, 6.07) is 12.5. The summed E-state index contributed by atoms with van der Waals surface area (Å²) in [5.41, 5.74) is 5.77. The van der Waals surface area contributed by atoms with Crippen molar-refractivity contribution < 1.29 is 28.9 Å². The minimum absolute atomic E-state index is 0.0303. The fourth-order valence-corrected chi connectivity index (χ4v) is 4.14. The molecule has 0 saturated heterocycles. The minimum atomic E-state index is -1.52. The molecule has 1 fully saturated rings. The molecule has 2 unspecified atom stereocenters. The van der Waals surface area contributed by atoms with E-state index in [1.165, 1.54) is 25.3 Å². The van der Waals surface area contributed by atoms with Gasteiger partial charge in [-0.25, -0.2) is 9.37 Å². The third-order valence-corrected chi connectivity index (χ3v) is 7.01. The van der Waals surface area contributed by atoms with Gasteiger partial charge in [0.05, 0.1) is 41.8 Å². The van der Waals surface area contributed by atoms with E-state index in [4.69, 9.17) is 26.8 Å². The molecule has 1 aromatic heterocycles. The molecular formula is C29H32ClFN2O5. The number of Topliss-reactive ketones (excluding diaryl/α,β-unsaturated/α-hetero) is 1. The number of nitrogens with two attached hydrogens (primary N) is 1. The lowest BCUT2D eigenvalue weighted by Crippen LogP contribution is -2.37. The summed E-state index contributed by atoms with van der Waals surface area (Å²) >= 11 is 5.98. The van der Waals surface area contributed by atoms with E-state index in [2.05, 4.69) is 4.98 Å². The van der Waals surface area contributed by atoms with Crippen molar-refractivity contribution in [2.45, 2.75) is 56.8 Å². The number of ketones is 1. The van der Waals surface area contributed by atoms with Gasteiger partial charge in [0.15, 0.2) is 17.3 Å². The largest absolute Gasteiger partial charge is 0.493 e. The molecule has 4 rings (SSSR count). The van der Waals surface area contributed by atoms with Crippen LogP contribution in [0.15, 0.2) is 48.5 Å². The third-order valence-electron chi connectivity index (χ3n) is 6.72. The Labute approximate surface area is 226 Å². The molecule has 2 aromatic carbocycles. The zero-order valence-corrected chi connectivity index (χ0v) is 22.4. The van der Waals surface area contributed by atoms with Crippen LogP contribution in [0.4, 0.5) is 4.39 Å². The van der Waals surface area contributed by atoms with Gasteiger partial charge in [0.25, 0.3) is 0 Å². The number of benzene rings is 2. The van der Waals surface area contributed by atoms with Crippen LogP contribution in [0, 0.1) is 5.82 Å². The second kappa shape index (κ2) is 11.0. The Morgan fingerprint density at radius 3 is 2.53 bits per heavy atom. The molecule has 0 amide bonds. The van der Waals surface area contributed by atoms with Crippen molar-refractivity contribution in [1.29, 1.82) is 0 Å². The lowest BCUT2D eigenvalue weighted by molar-refractivity contribution is 0.0395. The fourth-order valence-electron chi connectivity index (χ4n) is 3.96. The SMILES string of the molecule is COc1cc(C(=O)CCC(C)(O)c2cc(C(C)(N)CO)cc(-c3ccc(F)c(Cl)c3)n2)ccc1OC1CC1. The number of carbonyl (C=O) groups is 1. The molecule has 1 aliphatic rings. The number of aliphatic hydroxyl groups is 2. The number of aliphatic hydroxyl groups excluding tert-OH is 1. The monoisotopic (exact) mass is 542 g/mol. The Kier molecular flexibility index (Phi) is 8.09. The van der Waals surface area contributed by atoms with Crippen molar-refractivity contribution in [2.75, 3.05) is 13.7 Å². The van der Waals surface area contributed by atoms with Crippen LogP contribution in [0.5, 0.6) is 11.5 Å². The van der Waals surface area contributed by atoms with Gasteiger partial charge in [-0.3, -0.25) is 4.79 Å². The number of rotatable bonds is 11. The smallest absolute Gasteiger partial charge is 0.163 e. The van der Waals surface area contributed by atoms with E-state index in [1.54, 1.807) is 44.2 Å². The maximum absolute atomic E-state index is 13.8. The van der Waals surface area contributed by atoms with Crippen LogP contribution >= 0.6 is 11.6 Å². The normalized spacial score (nSPS) is 16.4. The molecule has 1 saturated carbocycles. The molecule has 2 atom stereocenters. The maximum Gasteiger partial charge on any atom is 0.163 e. The van der Waals surface area contributed by atoms with Crippen molar-refractivity contribution in [2.24, 2.45) is 5.73 Å². The highest BCUT2D eigenvalue weighted by Crippen LogP contribution is 2.36. The fraction of sp³-hybridized carbons (Fsp3) is 0.379. The first kappa shape index (κ1) is 28.0. The van der Waals surface area contributed by atoms with Crippen LogP contribution in [-0.2, 0) is 11.1 Å². The average molecular weight is 543 g/mol. The Hall–Kier alpha value is -3.04. The van der Waals surface area contributed by atoms with Crippen LogP contribution in [0.2, 0.25) is 5.02 Å². The summed E-state index contributed by atoms with van der Waals surface area (Å²) in [5.74, 6) is 0.335. The van der Waals surface area contributed by atoms with Crippen molar-refractivity contribution in [3.63, 3.8) is 0 Å². The van der Waals surface area contributed by atoms with E-state index in [-0.39, 0.29) is 42.1 Å². The number of nitrogens with zero attached hydrogens (tertiary/aromatic N) is 1. The molecule has 9 heteroatoms. The summed E-state index contributed by atoms with van der Waals surface area (Å²) in [5, 5.41) is 21.2. The number of methoxy groups -OCH3 is 1. The van der Waals surface area contributed by atoms with Gasteiger partial charge in [-0.15, -0.1) is 0 Å². The van der Waals surface area contributed by atoms with E-state index in [0.29, 0.717) is 33.9 Å². The van der Waals surface area contributed by atoms with Crippen molar-refractivity contribution in [3.05, 3.63) is 76.2 Å². The first-order chi connectivity index (χ1) is 17.9.